The molecule has 1 saturated heterocycles. The summed E-state index contributed by atoms with van der Waals surface area (Å²) in [5, 5.41) is 15.8. The van der Waals surface area contributed by atoms with Crippen LogP contribution in [0.5, 0.6) is 0 Å². The van der Waals surface area contributed by atoms with Crippen LogP contribution in [0.1, 0.15) is 42.2 Å². The SMILES string of the molecule is CCNC(=O)Nc1cc(-c2nc(C(F)(F)F)cs2)c(-c2ccc3c(c2)c(=O)c(C(=O)O)cn3CCCN2CCCC2=O)cn1.[Na]. The minimum Gasteiger partial charge on any atom is -0.477 e. The number of aromatic nitrogens is 3. The van der Waals surface area contributed by atoms with Crippen molar-refractivity contribution in [2.45, 2.75) is 38.9 Å². The van der Waals surface area contributed by atoms with Gasteiger partial charge in [0, 0.05) is 96.4 Å². The first-order chi connectivity index (χ1) is 21.0. The minimum absolute atomic E-state index is 0. The second-order valence-corrected chi connectivity index (χ2v) is 10.9. The number of rotatable bonds is 9. The number of carboxylic acid groups (broad SMARTS) is 1. The molecule has 0 atom stereocenters. The fraction of sp³-hybridized carbons (Fsp3) is 0.310. The fourth-order valence-electron chi connectivity index (χ4n) is 5.05. The third-order valence-electron chi connectivity index (χ3n) is 7.13. The number of aromatic carboxylic acids is 1. The van der Waals surface area contributed by atoms with Crippen molar-refractivity contribution >= 4 is 75.5 Å². The molecule has 1 aliphatic heterocycles. The fourth-order valence-corrected chi connectivity index (χ4v) is 5.91. The van der Waals surface area contributed by atoms with Gasteiger partial charge in [0.2, 0.25) is 11.3 Å². The number of amides is 3. The molecular formula is C29H27F3N6NaO5S. The van der Waals surface area contributed by atoms with Gasteiger partial charge in [0.05, 0.1) is 5.52 Å². The first kappa shape index (κ1) is 34.1. The number of benzene rings is 1. The number of pyridine rings is 2. The molecule has 3 aromatic heterocycles. The Bertz CT molecular complexity index is 1830. The number of halogens is 3. The van der Waals surface area contributed by atoms with Crippen molar-refractivity contribution in [3.8, 4) is 21.7 Å². The maximum absolute atomic E-state index is 13.4. The molecule has 3 N–H and O–H groups in total. The van der Waals surface area contributed by atoms with E-state index in [1.807, 2.05) is 0 Å². The molecule has 0 unspecified atom stereocenters. The number of aryl methyl sites for hydroxylation is 1. The van der Waals surface area contributed by atoms with Crippen molar-refractivity contribution in [3.05, 3.63) is 63.5 Å². The molecule has 4 aromatic rings. The number of fused-ring (bicyclic) bond motifs is 1. The van der Waals surface area contributed by atoms with E-state index in [1.165, 1.54) is 24.5 Å². The molecule has 1 aromatic carbocycles. The van der Waals surface area contributed by atoms with Crippen molar-refractivity contribution < 1.29 is 32.7 Å². The van der Waals surface area contributed by atoms with E-state index in [9.17, 15) is 37.5 Å². The van der Waals surface area contributed by atoms with Gasteiger partial charge in [-0.1, -0.05) is 6.07 Å². The molecule has 3 amide bonds. The Morgan fingerprint density at radius 1 is 1.13 bits per heavy atom. The number of carboxylic acids is 1. The van der Waals surface area contributed by atoms with Crippen LogP contribution in [0.2, 0.25) is 0 Å². The molecule has 45 heavy (non-hydrogen) atoms. The van der Waals surface area contributed by atoms with Gasteiger partial charge in [0.15, 0.2) is 5.69 Å². The average Bonchev–Trinajstić information content (AvgIpc) is 3.64. The first-order valence-electron chi connectivity index (χ1n) is 13.7. The van der Waals surface area contributed by atoms with E-state index in [1.54, 1.807) is 28.5 Å². The Balaban J connectivity index is 0.00000461. The molecule has 1 aliphatic rings. The van der Waals surface area contributed by atoms with E-state index in [-0.39, 0.29) is 57.2 Å². The second-order valence-electron chi connectivity index (χ2n) is 10.1. The van der Waals surface area contributed by atoms with Crippen molar-refractivity contribution in [2.75, 3.05) is 25.0 Å². The summed E-state index contributed by atoms with van der Waals surface area (Å²) in [5.41, 5.74) is -0.885. The molecule has 0 aliphatic carbocycles. The Hall–Kier alpha value is -3.79. The van der Waals surface area contributed by atoms with Crippen LogP contribution in [0.25, 0.3) is 32.6 Å². The number of alkyl halides is 3. The number of likely N-dealkylation sites (tertiary alicyclic amines) is 1. The summed E-state index contributed by atoms with van der Waals surface area (Å²) in [5.74, 6) is -1.27. The first-order valence-corrected chi connectivity index (χ1v) is 14.6. The summed E-state index contributed by atoms with van der Waals surface area (Å²) < 4.78 is 41.8. The zero-order chi connectivity index (χ0) is 31.6. The Kier molecular flexibility index (Phi) is 10.7. The van der Waals surface area contributed by atoms with E-state index in [4.69, 9.17) is 0 Å². The van der Waals surface area contributed by atoms with Crippen molar-refractivity contribution in [3.63, 3.8) is 0 Å². The molecule has 0 saturated carbocycles. The van der Waals surface area contributed by atoms with E-state index in [0.29, 0.717) is 55.7 Å². The molecule has 4 heterocycles. The van der Waals surface area contributed by atoms with Crippen molar-refractivity contribution in [1.82, 2.24) is 24.8 Å². The van der Waals surface area contributed by atoms with Crippen LogP contribution in [0.3, 0.4) is 0 Å². The van der Waals surface area contributed by atoms with Gasteiger partial charge in [-0.3, -0.25) is 14.9 Å². The zero-order valence-electron chi connectivity index (χ0n) is 24.4. The smallest absolute Gasteiger partial charge is 0.434 e. The summed E-state index contributed by atoms with van der Waals surface area (Å²) in [6.45, 7) is 3.55. The molecule has 231 valence electrons. The third kappa shape index (κ3) is 7.54. The van der Waals surface area contributed by atoms with Crippen LogP contribution in [0.15, 0.2) is 46.8 Å². The molecule has 1 fully saturated rings. The minimum atomic E-state index is -4.67. The van der Waals surface area contributed by atoms with E-state index in [2.05, 4.69) is 20.6 Å². The van der Waals surface area contributed by atoms with Gasteiger partial charge in [-0.2, -0.15) is 13.2 Å². The number of nitrogens with zero attached hydrogens (tertiary/aromatic N) is 4. The number of urea groups is 1. The van der Waals surface area contributed by atoms with E-state index >= 15 is 0 Å². The second kappa shape index (κ2) is 14.1. The van der Waals surface area contributed by atoms with Crippen LogP contribution < -0.4 is 16.1 Å². The van der Waals surface area contributed by atoms with Gasteiger partial charge in [0.25, 0.3) is 0 Å². The van der Waals surface area contributed by atoms with Crippen molar-refractivity contribution in [2.24, 2.45) is 0 Å². The number of carbonyl (C=O) groups is 3. The Morgan fingerprint density at radius 2 is 1.91 bits per heavy atom. The number of hydrogen-bond donors (Lipinski definition) is 3. The number of anilines is 1. The van der Waals surface area contributed by atoms with Crippen LogP contribution in [0, 0.1) is 0 Å². The summed E-state index contributed by atoms with van der Waals surface area (Å²) in [6, 6.07) is 5.58. The summed E-state index contributed by atoms with van der Waals surface area (Å²) >= 11 is 0.753. The van der Waals surface area contributed by atoms with E-state index < -0.39 is 34.9 Å². The van der Waals surface area contributed by atoms with Crippen LogP contribution in [-0.4, -0.2) is 91.6 Å². The summed E-state index contributed by atoms with van der Waals surface area (Å²) in [7, 11) is 0. The monoisotopic (exact) mass is 651 g/mol. The summed E-state index contributed by atoms with van der Waals surface area (Å²) in [4.78, 5) is 59.1. The Labute approximate surface area is 280 Å². The van der Waals surface area contributed by atoms with Gasteiger partial charge < -0.3 is 19.9 Å². The number of hydrogen-bond acceptors (Lipinski definition) is 7. The third-order valence-corrected chi connectivity index (χ3v) is 8.00. The molecular weight excluding hydrogens is 624 g/mol. The largest absolute Gasteiger partial charge is 0.477 e. The molecule has 1 radical (unpaired) electrons. The van der Waals surface area contributed by atoms with E-state index in [0.717, 1.165) is 23.1 Å². The van der Waals surface area contributed by atoms with Crippen LogP contribution in [-0.2, 0) is 17.5 Å². The van der Waals surface area contributed by atoms with Gasteiger partial charge in [0.1, 0.15) is 16.4 Å². The predicted octanol–water partition coefficient (Wildman–Crippen LogP) is 4.68. The van der Waals surface area contributed by atoms with Crippen molar-refractivity contribution in [1.29, 1.82) is 0 Å². The quantitative estimate of drug-likeness (QED) is 0.223. The number of carbonyl (C=O) groups excluding carboxylic acids is 2. The molecule has 5 rings (SSSR count). The molecule has 16 heteroatoms. The normalized spacial score (nSPS) is 13.2. The maximum atomic E-state index is 13.4. The molecule has 11 nitrogen and oxygen atoms in total. The number of thiazole rings is 1. The van der Waals surface area contributed by atoms with Crippen LogP contribution in [0.4, 0.5) is 23.8 Å². The average molecular weight is 652 g/mol. The van der Waals surface area contributed by atoms with Gasteiger partial charge in [-0.15, -0.1) is 11.3 Å². The maximum Gasteiger partial charge on any atom is 0.434 e. The van der Waals surface area contributed by atoms with Gasteiger partial charge >= 0.3 is 18.2 Å². The topological polar surface area (TPSA) is 147 Å². The zero-order valence-corrected chi connectivity index (χ0v) is 27.2. The molecule has 0 spiro atoms. The molecule has 0 bridgehead atoms. The summed E-state index contributed by atoms with van der Waals surface area (Å²) in [6.07, 6.45) is -0.215. The Morgan fingerprint density at radius 3 is 2.56 bits per heavy atom. The predicted molar refractivity (Wildman–Crippen MR) is 163 cm³/mol. The van der Waals surface area contributed by atoms with Gasteiger partial charge in [-0.25, -0.2) is 19.6 Å². The standard InChI is InChI=1S/C29H27F3N6O5S.Na/c1-2-33-28(43)36-23-12-17(26-35-22(15-44-26)29(30,31)32)19(13-34-23)16-6-7-21-18(11-16)25(40)20(27(41)42)14-38(21)10-4-9-37-8-3-5-24(37)39;/h6-7,11-15H,2-5,8-10H2,1H3,(H,41,42)(H2,33,34,36,43);. The number of nitrogens with one attached hydrogen (secondary N) is 2. The van der Waals surface area contributed by atoms with Gasteiger partial charge in [-0.05, 0) is 43.5 Å². The van der Waals surface area contributed by atoms with Crippen LogP contribution >= 0.6 is 11.3 Å².